The highest BCUT2D eigenvalue weighted by Crippen LogP contribution is 2.32. The normalized spacial score (nSPS) is 11.5. The van der Waals surface area contributed by atoms with Crippen LogP contribution in [0.5, 0.6) is 17.2 Å². The van der Waals surface area contributed by atoms with E-state index >= 15 is 0 Å². The summed E-state index contributed by atoms with van der Waals surface area (Å²) in [6.07, 6.45) is -9.80. The number of alkyl halides is 6. The first kappa shape index (κ1) is 42.2. The van der Waals surface area contributed by atoms with E-state index < -0.39 is 81.0 Å². The molecule has 0 aliphatic carbocycles. The number of carbonyl (C=O) groups is 1. The van der Waals surface area contributed by atoms with Gasteiger partial charge in [-0.25, -0.2) is 13.2 Å². The minimum absolute atomic E-state index is 0.00639. The highest BCUT2D eigenvalue weighted by Gasteiger charge is 2.40. The lowest BCUT2D eigenvalue weighted by atomic mass is 10.2. The lowest BCUT2D eigenvalue weighted by molar-refractivity contribution is -0.163. The van der Waals surface area contributed by atoms with Gasteiger partial charge in [0.1, 0.15) is 40.3 Å². The number of nitrogen functional groups attached to an aromatic ring is 1. The highest BCUT2D eigenvalue weighted by atomic mass is 35.5. The van der Waals surface area contributed by atoms with Gasteiger partial charge in [-0.05, 0) is 32.0 Å². The number of rotatable bonds is 5. The minimum atomic E-state index is -5.06. The van der Waals surface area contributed by atoms with Gasteiger partial charge in [-0.1, -0.05) is 34.8 Å². The smallest absolute Gasteiger partial charge is 0.456 e. The van der Waals surface area contributed by atoms with Gasteiger partial charge in [0.15, 0.2) is 5.82 Å². The molecule has 0 bridgehead atoms. The van der Waals surface area contributed by atoms with Gasteiger partial charge >= 0.3 is 12.4 Å². The number of aromatic hydroxyl groups is 3. The van der Waals surface area contributed by atoms with E-state index in [0.29, 0.717) is 10.7 Å². The van der Waals surface area contributed by atoms with Crippen LogP contribution < -0.4 is 22.3 Å². The summed E-state index contributed by atoms with van der Waals surface area (Å²) in [5.74, 6) is -1.00. The molecular weight excluding hydrogens is 778 g/mol. The molecule has 51 heavy (non-hydrogen) atoms. The molecule has 0 unspecified atom stereocenters. The molecule has 7 N–H and O–H groups in total. The standard InChI is InChI=1S/C12H7ClF4N2O2.C10H7ClF4N2O2.C6H6ClFN2O/c1-5-6(12(15,16)17)2-11(21)19(18-5)9-4-10(20)7(13)3-8(9)14;1-4(9(19)10(13,14)15)16-17-7-3-8(18)5(11)2-6(7)12;7-3-1-4(8)5(10-9)2-6(3)11/h2-4,20H,1H3;2-3,17-18H,1H3;1-2,10-11H,9H2/b;16-4+;. The number of carbonyl (C=O) groups excluding carboxylic acids is 1. The number of hydrogen-bond acceptors (Lipinski definition) is 10. The average Bonchev–Trinajstić information content (AvgIpc) is 3.02. The molecule has 4 rings (SSSR count). The summed E-state index contributed by atoms with van der Waals surface area (Å²) < 4.78 is 114. The summed E-state index contributed by atoms with van der Waals surface area (Å²) in [6, 6.07) is 5.51. The molecule has 0 saturated carbocycles. The number of nitrogens with zero attached hydrogens (tertiary/aromatic N) is 3. The zero-order valence-electron chi connectivity index (χ0n) is 25.2. The molecule has 0 fully saturated rings. The second-order valence-corrected chi connectivity index (χ2v) is 10.7. The maximum absolute atomic E-state index is 13.7. The molecule has 23 heteroatoms. The molecule has 0 radical (unpaired) electrons. The zero-order chi connectivity index (χ0) is 39.2. The van der Waals surface area contributed by atoms with Crippen molar-refractivity contribution in [2.75, 3.05) is 10.9 Å². The molecule has 11 nitrogen and oxygen atoms in total. The number of phenols is 3. The number of phenolic OH excluding ortho intramolecular Hbond substituents is 3. The number of aromatic nitrogens is 2. The maximum Gasteiger partial charge on any atom is 0.456 e. The Kier molecular flexibility index (Phi) is 14.0. The Morgan fingerprint density at radius 3 is 1.73 bits per heavy atom. The minimum Gasteiger partial charge on any atom is -0.506 e. The fourth-order valence-electron chi connectivity index (χ4n) is 3.36. The fourth-order valence-corrected chi connectivity index (χ4v) is 3.81. The topological polar surface area (TPSA) is 175 Å². The van der Waals surface area contributed by atoms with Crippen LogP contribution in [0.2, 0.25) is 15.1 Å². The summed E-state index contributed by atoms with van der Waals surface area (Å²) in [5, 5.41) is 33.5. The SMILES string of the molecule is C/C(=N\Nc1cc(O)c(Cl)cc1F)C(=O)C(F)(F)F.Cc1nn(-c2cc(O)c(Cl)cc2F)c(=O)cc1C(F)(F)F.NNc1cc(O)c(Cl)cc1F. The van der Waals surface area contributed by atoms with Crippen LogP contribution in [0, 0.1) is 24.4 Å². The van der Waals surface area contributed by atoms with Crippen molar-refractivity contribution in [3.05, 3.63) is 96.6 Å². The first-order valence-corrected chi connectivity index (χ1v) is 14.1. The molecule has 0 amide bonds. The van der Waals surface area contributed by atoms with Crippen molar-refractivity contribution in [2.45, 2.75) is 26.2 Å². The summed E-state index contributed by atoms with van der Waals surface area (Å²) in [5.41, 5.74) is -0.736. The number of hydrazine groups is 1. The second-order valence-electron chi connectivity index (χ2n) is 9.49. The largest absolute Gasteiger partial charge is 0.506 e. The van der Waals surface area contributed by atoms with E-state index in [9.17, 15) is 59.3 Å². The van der Waals surface area contributed by atoms with Crippen LogP contribution in [0.4, 0.5) is 50.9 Å². The monoisotopic (exact) mass is 796 g/mol. The average molecular weight is 798 g/mol. The molecule has 0 aliphatic heterocycles. The number of aryl methyl sites for hydroxylation is 1. The summed E-state index contributed by atoms with van der Waals surface area (Å²) in [7, 11) is 0. The van der Waals surface area contributed by atoms with Crippen LogP contribution in [0.1, 0.15) is 18.2 Å². The van der Waals surface area contributed by atoms with Crippen molar-refractivity contribution in [3.63, 3.8) is 0 Å². The molecule has 0 saturated heterocycles. The summed E-state index contributed by atoms with van der Waals surface area (Å²) in [6.45, 7) is 1.85. The van der Waals surface area contributed by atoms with E-state index in [1.807, 2.05) is 5.43 Å². The summed E-state index contributed by atoms with van der Waals surface area (Å²) in [4.78, 5) is 22.4. The van der Waals surface area contributed by atoms with Gasteiger partial charge < -0.3 is 20.7 Å². The van der Waals surface area contributed by atoms with Crippen LogP contribution in [-0.4, -0.2) is 42.8 Å². The molecule has 0 aliphatic rings. The lowest BCUT2D eigenvalue weighted by Gasteiger charge is -2.12. The van der Waals surface area contributed by atoms with Crippen LogP contribution in [0.3, 0.4) is 0 Å². The van der Waals surface area contributed by atoms with Crippen LogP contribution in [0.15, 0.2) is 52.4 Å². The van der Waals surface area contributed by atoms with E-state index in [4.69, 9.17) is 45.8 Å². The first-order valence-electron chi connectivity index (χ1n) is 13.0. The van der Waals surface area contributed by atoms with Gasteiger partial charge in [0.05, 0.1) is 37.7 Å². The third kappa shape index (κ3) is 11.3. The fraction of sp³-hybridized carbons (Fsp3) is 0.143. The highest BCUT2D eigenvalue weighted by molar-refractivity contribution is 6.41. The number of ketones is 1. The Labute approximate surface area is 294 Å². The molecule has 3 aromatic carbocycles. The molecule has 0 spiro atoms. The molecule has 276 valence electrons. The van der Waals surface area contributed by atoms with Crippen molar-refractivity contribution in [2.24, 2.45) is 10.9 Å². The number of nitrogens with one attached hydrogen (secondary N) is 2. The van der Waals surface area contributed by atoms with Gasteiger partial charge in [-0.2, -0.15) is 41.2 Å². The van der Waals surface area contributed by atoms with Crippen LogP contribution in [-0.2, 0) is 11.0 Å². The van der Waals surface area contributed by atoms with E-state index in [-0.39, 0.29) is 26.5 Å². The predicted octanol–water partition coefficient (Wildman–Crippen LogP) is 7.63. The number of anilines is 2. The number of halogens is 12. The van der Waals surface area contributed by atoms with Gasteiger partial charge in [0, 0.05) is 24.3 Å². The molecule has 4 aromatic rings. The number of hydrogen-bond donors (Lipinski definition) is 6. The van der Waals surface area contributed by atoms with Crippen molar-refractivity contribution >= 4 is 57.7 Å². The number of benzene rings is 3. The zero-order valence-corrected chi connectivity index (χ0v) is 27.4. The Hall–Kier alpha value is -4.92. The van der Waals surface area contributed by atoms with Crippen LogP contribution >= 0.6 is 34.8 Å². The molecule has 0 atom stereocenters. The summed E-state index contributed by atoms with van der Waals surface area (Å²) >= 11 is 16.3. The Morgan fingerprint density at radius 2 is 1.25 bits per heavy atom. The van der Waals surface area contributed by atoms with Gasteiger partial charge in [-0.3, -0.25) is 20.9 Å². The first-order chi connectivity index (χ1) is 23.4. The van der Waals surface area contributed by atoms with E-state index in [0.717, 1.165) is 50.2 Å². The van der Waals surface area contributed by atoms with E-state index in [1.165, 1.54) is 0 Å². The third-order valence-electron chi connectivity index (χ3n) is 5.82. The number of hydrazone groups is 1. The van der Waals surface area contributed by atoms with Crippen LogP contribution in [0.25, 0.3) is 5.69 Å². The maximum atomic E-state index is 13.7. The Bertz CT molecular complexity index is 2030. The van der Waals surface area contributed by atoms with Crippen molar-refractivity contribution in [1.29, 1.82) is 0 Å². The second kappa shape index (κ2) is 16.9. The van der Waals surface area contributed by atoms with Crippen molar-refractivity contribution in [1.82, 2.24) is 9.78 Å². The van der Waals surface area contributed by atoms with Crippen molar-refractivity contribution < 1.29 is 59.6 Å². The lowest BCUT2D eigenvalue weighted by Crippen LogP contribution is -2.29. The number of nitrogens with two attached hydrogens (primary N) is 1. The molecule has 1 heterocycles. The van der Waals surface area contributed by atoms with Gasteiger partial charge in [-0.15, -0.1) is 0 Å². The molecular formula is C28H20Cl3F9N6O5. The van der Waals surface area contributed by atoms with E-state index in [2.05, 4.69) is 15.6 Å². The molecule has 1 aromatic heterocycles. The quantitative estimate of drug-likeness (QED) is 0.0514. The number of Topliss-reactive ketones (excluding diaryl/α,β-unsaturated/α-hetero) is 1. The predicted molar refractivity (Wildman–Crippen MR) is 168 cm³/mol. The van der Waals surface area contributed by atoms with Crippen molar-refractivity contribution in [3.8, 4) is 22.9 Å². The Balaban J connectivity index is 0.000000278. The van der Waals surface area contributed by atoms with E-state index in [1.54, 1.807) is 0 Å². The Morgan fingerprint density at radius 1 is 0.804 bits per heavy atom. The van der Waals surface area contributed by atoms with Gasteiger partial charge in [0.25, 0.3) is 11.3 Å². The van der Waals surface area contributed by atoms with Gasteiger partial charge in [0.2, 0.25) is 0 Å². The third-order valence-corrected chi connectivity index (χ3v) is 6.73.